The maximum atomic E-state index is 6.93. The molecule has 7 rings (SSSR count). The Morgan fingerprint density at radius 2 is 1.66 bits per heavy atom. The molecule has 4 heteroatoms. The molecule has 2 aromatic rings. The van der Waals surface area contributed by atoms with Crippen molar-refractivity contribution in [2.45, 2.75) is 103 Å². The predicted molar refractivity (Wildman–Crippen MR) is 151 cm³/mol. The van der Waals surface area contributed by atoms with Crippen molar-refractivity contribution in [3.05, 3.63) is 42.0 Å². The quantitative estimate of drug-likeness (QED) is 0.391. The zero-order valence-electron chi connectivity index (χ0n) is 22.5. The van der Waals surface area contributed by atoms with E-state index in [9.17, 15) is 0 Å². The van der Waals surface area contributed by atoms with Crippen LogP contribution in [0.4, 0.5) is 0 Å². The SMILES string of the molecule is CCCC[Si](C)(C)c1cc2c(c(C34CC5CC(CC(C5)C3)C4)c1)OB(OC(C)C)c1ccccc1-2. The first kappa shape index (κ1) is 23.9. The van der Waals surface area contributed by atoms with E-state index in [1.807, 2.05) is 0 Å². The highest BCUT2D eigenvalue weighted by atomic mass is 28.3. The lowest BCUT2D eigenvalue weighted by Crippen LogP contribution is -2.51. The minimum atomic E-state index is -1.56. The molecule has 0 spiro atoms. The van der Waals surface area contributed by atoms with E-state index in [0.717, 1.165) is 23.5 Å². The van der Waals surface area contributed by atoms with E-state index in [1.54, 1.807) is 10.8 Å². The average Bonchev–Trinajstić information content (AvgIpc) is 2.81. The summed E-state index contributed by atoms with van der Waals surface area (Å²) in [6.45, 7) is 11.7. The van der Waals surface area contributed by atoms with Gasteiger partial charge in [-0.1, -0.05) is 80.5 Å². The van der Waals surface area contributed by atoms with Crippen molar-refractivity contribution in [2.24, 2.45) is 17.8 Å². The van der Waals surface area contributed by atoms with Gasteiger partial charge in [-0.3, -0.25) is 0 Å². The van der Waals surface area contributed by atoms with E-state index >= 15 is 0 Å². The molecule has 35 heavy (non-hydrogen) atoms. The van der Waals surface area contributed by atoms with Gasteiger partial charge in [0.25, 0.3) is 0 Å². The second-order valence-electron chi connectivity index (χ2n) is 13.3. The van der Waals surface area contributed by atoms with Crippen LogP contribution in [0.25, 0.3) is 11.1 Å². The lowest BCUT2D eigenvalue weighted by Gasteiger charge is -2.57. The van der Waals surface area contributed by atoms with Gasteiger partial charge in [0, 0.05) is 17.1 Å². The van der Waals surface area contributed by atoms with Gasteiger partial charge in [-0.25, -0.2) is 0 Å². The van der Waals surface area contributed by atoms with Crippen molar-refractivity contribution in [1.29, 1.82) is 0 Å². The smallest absolute Gasteiger partial charge is 0.532 e. The number of hydrogen-bond donors (Lipinski definition) is 0. The molecule has 0 aromatic heterocycles. The molecule has 0 saturated heterocycles. The molecular formula is C31H43BO2Si. The molecule has 4 saturated carbocycles. The van der Waals surface area contributed by atoms with Crippen LogP contribution in [-0.2, 0) is 10.1 Å². The lowest BCUT2D eigenvalue weighted by atomic mass is 9.47. The molecule has 5 aliphatic rings. The van der Waals surface area contributed by atoms with Gasteiger partial charge < -0.3 is 9.31 Å². The second-order valence-corrected chi connectivity index (χ2v) is 18.2. The topological polar surface area (TPSA) is 18.5 Å². The molecular weight excluding hydrogens is 443 g/mol. The Labute approximate surface area is 214 Å². The van der Waals surface area contributed by atoms with Crippen LogP contribution >= 0.6 is 0 Å². The molecule has 4 aliphatic carbocycles. The Kier molecular flexibility index (Phi) is 6.00. The molecule has 4 fully saturated rings. The molecule has 0 unspecified atom stereocenters. The van der Waals surface area contributed by atoms with E-state index in [2.05, 4.69) is 70.3 Å². The Hall–Kier alpha value is -1.52. The average molecular weight is 487 g/mol. The van der Waals surface area contributed by atoms with Crippen molar-refractivity contribution in [2.75, 3.05) is 0 Å². The summed E-state index contributed by atoms with van der Waals surface area (Å²) in [6, 6.07) is 15.4. The van der Waals surface area contributed by atoms with Gasteiger partial charge in [-0.2, -0.15) is 0 Å². The van der Waals surface area contributed by atoms with Crippen LogP contribution in [0, 0.1) is 17.8 Å². The van der Waals surface area contributed by atoms with Gasteiger partial charge in [-0.05, 0) is 86.7 Å². The van der Waals surface area contributed by atoms with Crippen LogP contribution in [0.2, 0.25) is 19.1 Å². The van der Waals surface area contributed by atoms with Crippen molar-refractivity contribution in [1.82, 2.24) is 0 Å². The molecule has 0 N–H and O–H groups in total. The van der Waals surface area contributed by atoms with Gasteiger partial charge in [0.05, 0.1) is 8.07 Å². The van der Waals surface area contributed by atoms with Crippen LogP contribution in [0.5, 0.6) is 5.75 Å². The highest BCUT2D eigenvalue weighted by molar-refractivity contribution is 6.89. The fourth-order valence-corrected chi connectivity index (χ4v) is 11.0. The first-order valence-electron chi connectivity index (χ1n) is 14.4. The van der Waals surface area contributed by atoms with Crippen molar-refractivity contribution in [3.8, 4) is 16.9 Å². The van der Waals surface area contributed by atoms with Crippen LogP contribution in [-0.4, -0.2) is 21.3 Å². The number of fused-ring (bicyclic) bond motifs is 3. The predicted octanol–water partition coefficient (Wildman–Crippen LogP) is 7.05. The molecule has 186 valence electrons. The highest BCUT2D eigenvalue weighted by Crippen LogP contribution is 2.62. The van der Waals surface area contributed by atoms with Gasteiger partial charge in [-0.15, -0.1) is 0 Å². The molecule has 2 aromatic carbocycles. The number of hydrogen-bond acceptors (Lipinski definition) is 2. The Morgan fingerprint density at radius 1 is 1.00 bits per heavy atom. The summed E-state index contributed by atoms with van der Waals surface area (Å²) in [5.74, 6) is 3.92. The maximum Gasteiger partial charge on any atom is 0.563 e. The normalized spacial score (nSPS) is 28.7. The summed E-state index contributed by atoms with van der Waals surface area (Å²) >= 11 is 0. The summed E-state index contributed by atoms with van der Waals surface area (Å²) < 4.78 is 13.3. The number of rotatable bonds is 7. The Bertz CT molecular complexity index is 1070. The molecule has 1 heterocycles. The zero-order valence-corrected chi connectivity index (χ0v) is 23.5. The molecule has 1 aliphatic heterocycles. The largest absolute Gasteiger partial charge is 0.563 e. The molecule has 0 amide bonds. The monoisotopic (exact) mass is 486 g/mol. The standard InChI is InChI=1S/C31H43BO2Si/c1-6-7-12-35(4,5)25-16-27-26-10-8-9-11-29(26)32(33-21(2)3)34-30(27)28(17-25)31-18-22-13-23(19-31)15-24(14-22)20-31/h8-11,16-17,21-24H,6-7,12-15,18-20H2,1-5H3. The van der Waals surface area contributed by atoms with E-state index in [4.69, 9.17) is 9.31 Å². The summed E-state index contributed by atoms with van der Waals surface area (Å²) in [6.07, 6.45) is 11.3. The fraction of sp³-hybridized carbons (Fsp3) is 0.613. The van der Waals surface area contributed by atoms with Crippen LogP contribution in [0.15, 0.2) is 36.4 Å². The summed E-state index contributed by atoms with van der Waals surface area (Å²) in [7, 11) is -1.87. The van der Waals surface area contributed by atoms with Gasteiger partial charge in [0.2, 0.25) is 0 Å². The summed E-state index contributed by atoms with van der Waals surface area (Å²) in [5, 5.41) is 1.64. The second kappa shape index (κ2) is 8.80. The van der Waals surface area contributed by atoms with Gasteiger partial charge in [0.15, 0.2) is 0 Å². The summed E-state index contributed by atoms with van der Waals surface area (Å²) in [5.41, 5.74) is 5.71. The first-order valence-corrected chi connectivity index (χ1v) is 17.6. The van der Waals surface area contributed by atoms with Crippen LogP contribution in [0.1, 0.15) is 77.7 Å². The first-order chi connectivity index (χ1) is 16.8. The van der Waals surface area contributed by atoms with Crippen LogP contribution < -0.4 is 15.3 Å². The Balaban J connectivity index is 1.54. The minimum absolute atomic E-state index is 0.122. The van der Waals surface area contributed by atoms with Crippen molar-refractivity contribution < 1.29 is 9.31 Å². The fourth-order valence-electron chi connectivity index (χ4n) is 8.41. The molecule has 4 bridgehead atoms. The molecule has 0 radical (unpaired) electrons. The van der Waals surface area contributed by atoms with Crippen molar-refractivity contribution in [3.63, 3.8) is 0 Å². The Morgan fingerprint density at radius 3 is 2.29 bits per heavy atom. The summed E-state index contributed by atoms with van der Waals surface area (Å²) in [4.78, 5) is 0. The number of benzene rings is 2. The highest BCUT2D eigenvalue weighted by Gasteiger charge is 2.53. The minimum Gasteiger partial charge on any atom is -0.532 e. The van der Waals surface area contributed by atoms with Crippen LogP contribution in [0.3, 0.4) is 0 Å². The lowest BCUT2D eigenvalue weighted by molar-refractivity contribution is -0.00587. The number of unbranched alkanes of at least 4 members (excludes halogenated alkanes) is 1. The maximum absolute atomic E-state index is 6.93. The molecule has 2 nitrogen and oxygen atoms in total. The third kappa shape index (κ3) is 4.13. The van der Waals surface area contributed by atoms with Crippen molar-refractivity contribution >= 4 is 25.8 Å². The van der Waals surface area contributed by atoms with E-state index in [-0.39, 0.29) is 13.2 Å². The van der Waals surface area contributed by atoms with Gasteiger partial charge in [0.1, 0.15) is 5.75 Å². The third-order valence-corrected chi connectivity index (χ3v) is 13.2. The van der Waals surface area contributed by atoms with E-state index in [1.165, 1.54) is 74.0 Å². The molecule has 0 atom stereocenters. The van der Waals surface area contributed by atoms with E-state index in [0.29, 0.717) is 5.41 Å². The van der Waals surface area contributed by atoms with Gasteiger partial charge >= 0.3 is 7.12 Å². The van der Waals surface area contributed by atoms with E-state index < -0.39 is 8.07 Å². The zero-order chi connectivity index (χ0) is 24.4. The third-order valence-electron chi connectivity index (χ3n) is 9.76.